The van der Waals surface area contributed by atoms with Gasteiger partial charge in [0, 0.05) is 37.2 Å². The van der Waals surface area contributed by atoms with Crippen molar-refractivity contribution in [3.8, 4) is 0 Å². The summed E-state index contributed by atoms with van der Waals surface area (Å²) in [5, 5.41) is 3.57. The maximum Gasteiger partial charge on any atom is 0.243 e. The number of amides is 1. The first-order valence-electron chi connectivity index (χ1n) is 8.16. The molecule has 6 nitrogen and oxygen atoms in total. The lowest BCUT2D eigenvalue weighted by molar-refractivity contribution is -0.135. The summed E-state index contributed by atoms with van der Waals surface area (Å²) in [5.74, 6) is 0.0492. The number of piperazine rings is 1. The van der Waals surface area contributed by atoms with Gasteiger partial charge in [0.05, 0.1) is 11.4 Å². The number of hydrogen-bond donors (Lipinski definition) is 1. The monoisotopic (exact) mass is 407 g/mol. The maximum absolute atomic E-state index is 13.0. The number of halogens is 2. The molecule has 1 amide bonds. The second-order valence-corrected chi connectivity index (χ2v) is 8.68. The zero-order chi connectivity index (χ0) is 17.3. The van der Waals surface area contributed by atoms with Crippen molar-refractivity contribution < 1.29 is 13.2 Å². The highest BCUT2D eigenvalue weighted by molar-refractivity contribution is 7.89. The number of aryl methyl sites for hydroxylation is 1. The number of carbonyl (C=O) groups excluding carboxylic acids is 1. The van der Waals surface area contributed by atoms with Crippen molar-refractivity contribution in [2.24, 2.45) is 0 Å². The number of rotatable bonds is 3. The molecule has 2 fully saturated rings. The van der Waals surface area contributed by atoms with Crippen LogP contribution < -0.4 is 5.32 Å². The summed E-state index contributed by atoms with van der Waals surface area (Å²) < 4.78 is 27.5. The van der Waals surface area contributed by atoms with E-state index in [1.54, 1.807) is 25.1 Å². The largest absolute Gasteiger partial charge is 0.336 e. The third-order valence-corrected chi connectivity index (χ3v) is 6.94. The summed E-state index contributed by atoms with van der Waals surface area (Å²) in [5.41, 5.74) is 0.642. The molecular weight excluding hydrogens is 385 g/mol. The van der Waals surface area contributed by atoms with E-state index in [4.69, 9.17) is 11.6 Å². The molecule has 0 saturated carbocycles. The second-order valence-electron chi connectivity index (χ2n) is 6.33. The minimum Gasteiger partial charge on any atom is -0.336 e. The van der Waals surface area contributed by atoms with Gasteiger partial charge in [-0.05, 0) is 43.5 Å². The molecule has 2 saturated heterocycles. The topological polar surface area (TPSA) is 69.7 Å². The smallest absolute Gasteiger partial charge is 0.243 e. The van der Waals surface area contributed by atoms with E-state index in [9.17, 15) is 13.2 Å². The molecule has 1 aromatic rings. The van der Waals surface area contributed by atoms with Gasteiger partial charge in [-0.25, -0.2) is 8.42 Å². The van der Waals surface area contributed by atoms with Gasteiger partial charge in [0.1, 0.15) is 0 Å². The molecule has 140 valence electrons. The molecular formula is C16H23Cl2N3O3S. The van der Waals surface area contributed by atoms with E-state index in [1.807, 2.05) is 4.90 Å². The minimum absolute atomic E-state index is 0. The van der Waals surface area contributed by atoms with Gasteiger partial charge in [0.15, 0.2) is 0 Å². The Hall–Kier alpha value is -0.860. The summed E-state index contributed by atoms with van der Waals surface area (Å²) in [6.45, 7) is 4.32. The molecule has 0 spiro atoms. The molecule has 2 heterocycles. The molecule has 1 atom stereocenters. The fraction of sp³-hybridized carbons (Fsp3) is 0.562. The number of piperidine rings is 1. The Morgan fingerprint density at radius 2 is 2.04 bits per heavy atom. The summed E-state index contributed by atoms with van der Waals surface area (Å²) in [6, 6.07) is 4.78. The average Bonchev–Trinajstić information content (AvgIpc) is 2.55. The SMILES string of the molecule is Cc1cc(Cl)ccc1S(=O)(=O)N1CCCC(N2CCNCC2=O)C1.Cl. The lowest BCUT2D eigenvalue weighted by Gasteiger charge is -2.40. The van der Waals surface area contributed by atoms with E-state index in [1.165, 1.54) is 4.31 Å². The lowest BCUT2D eigenvalue weighted by atomic mass is 10.1. The van der Waals surface area contributed by atoms with Gasteiger partial charge in [0.25, 0.3) is 0 Å². The molecule has 0 aromatic heterocycles. The van der Waals surface area contributed by atoms with Crippen LogP contribution in [-0.4, -0.2) is 62.3 Å². The first-order chi connectivity index (χ1) is 11.4. The van der Waals surface area contributed by atoms with Crippen molar-refractivity contribution in [3.63, 3.8) is 0 Å². The lowest BCUT2D eigenvalue weighted by Crippen LogP contribution is -2.57. The number of nitrogens with one attached hydrogen (secondary N) is 1. The van der Waals surface area contributed by atoms with Crippen LogP contribution in [0.15, 0.2) is 23.1 Å². The van der Waals surface area contributed by atoms with Crippen LogP contribution in [0.25, 0.3) is 0 Å². The quantitative estimate of drug-likeness (QED) is 0.826. The van der Waals surface area contributed by atoms with Crippen LogP contribution in [0.5, 0.6) is 0 Å². The second kappa shape index (κ2) is 8.22. The Morgan fingerprint density at radius 1 is 1.28 bits per heavy atom. The molecule has 3 rings (SSSR count). The van der Waals surface area contributed by atoms with Crippen molar-refractivity contribution in [3.05, 3.63) is 28.8 Å². The molecule has 2 aliphatic rings. The molecule has 0 radical (unpaired) electrons. The zero-order valence-corrected chi connectivity index (χ0v) is 16.5. The van der Waals surface area contributed by atoms with Crippen molar-refractivity contribution in [2.75, 3.05) is 32.7 Å². The van der Waals surface area contributed by atoms with Crippen LogP contribution in [0.1, 0.15) is 18.4 Å². The third kappa shape index (κ3) is 4.28. The first kappa shape index (κ1) is 20.5. The fourth-order valence-electron chi connectivity index (χ4n) is 3.44. The Balaban J connectivity index is 0.00000225. The van der Waals surface area contributed by atoms with Crippen molar-refractivity contribution in [2.45, 2.75) is 30.7 Å². The van der Waals surface area contributed by atoms with Gasteiger partial charge in [0.2, 0.25) is 15.9 Å². The summed E-state index contributed by atoms with van der Waals surface area (Å²) in [7, 11) is -3.58. The van der Waals surface area contributed by atoms with Crippen LogP contribution in [0.2, 0.25) is 5.02 Å². The number of nitrogens with zero attached hydrogens (tertiary/aromatic N) is 2. The van der Waals surface area contributed by atoms with Crippen LogP contribution in [0.3, 0.4) is 0 Å². The van der Waals surface area contributed by atoms with E-state index in [-0.39, 0.29) is 24.4 Å². The Bertz CT molecular complexity index is 742. The highest BCUT2D eigenvalue weighted by Gasteiger charge is 2.35. The molecule has 1 N–H and O–H groups in total. The highest BCUT2D eigenvalue weighted by Crippen LogP contribution is 2.27. The Labute approximate surface area is 160 Å². The number of hydrogen-bond acceptors (Lipinski definition) is 4. The standard InChI is InChI=1S/C16H22ClN3O3S.ClH/c1-12-9-13(17)4-5-15(12)24(22,23)19-7-2-3-14(11-19)20-8-6-18-10-16(20)21;/h4-5,9,14,18H,2-3,6-8,10-11H2,1H3;1H. The van der Waals surface area contributed by atoms with E-state index in [0.29, 0.717) is 41.7 Å². The normalized spacial score (nSPS) is 22.6. The van der Waals surface area contributed by atoms with Gasteiger partial charge < -0.3 is 10.2 Å². The maximum atomic E-state index is 13.0. The molecule has 0 aliphatic carbocycles. The van der Waals surface area contributed by atoms with Crippen LogP contribution in [-0.2, 0) is 14.8 Å². The molecule has 25 heavy (non-hydrogen) atoms. The highest BCUT2D eigenvalue weighted by atomic mass is 35.5. The van der Waals surface area contributed by atoms with E-state index < -0.39 is 10.0 Å². The van der Waals surface area contributed by atoms with E-state index in [2.05, 4.69) is 5.32 Å². The Morgan fingerprint density at radius 3 is 2.72 bits per heavy atom. The predicted octanol–water partition coefficient (Wildman–Crippen LogP) is 1.66. The van der Waals surface area contributed by atoms with Crippen molar-refractivity contribution in [1.82, 2.24) is 14.5 Å². The third-order valence-electron chi connectivity index (χ3n) is 4.68. The molecule has 9 heteroatoms. The first-order valence-corrected chi connectivity index (χ1v) is 9.98. The zero-order valence-electron chi connectivity index (χ0n) is 14.1. The number of carbonyl (C=O) groups is 1. The van der Waals surface area contributed by atoms with Gasteiger partial charge in [-0.3, -0.25) is 4.79 Å². The van der Waals surface area contributed by atoms with Gasteiger partial charge in [-0.15, -0.1) is 12.4 Å². The fourth-order valence-corrected chi connectivity index (χ4v) is 5.39. The molecule has 1 unspecified atom stereocenters. The van der Waals surface area contributed by atoms with Gasteiger partial charge in [-0.2, -0.15) is 4.31 Å². The summed E-state index contributed by atoms with van der Waals surface area (Å²) in [4.78, 5) is 14.2. The average molecular weight is 408 g/mol. The van der Waals surface area contributed by atoms with E-state index >= 15 is 0 Å². The number of benzene rings is 1. The van der Waals surface area contributed by atoms with Crippen LogP contribution in [0, 0.1) is 6.92 Å². The van der Waals surface area contributed by atoms with E-state index in [0.717, 1.165) is 19.4 Å². The van der Waals surface area contributed by atoms with Gasteiger partial charge >= 0.3 is 0 Å². The minimum atomic E-state index is -3.58. The Kier molecular flexibility index (Phi) is 6.73. The summed E-state index contributed by atoms with van der Waals surface area (Å²) in [6.07, 6.45) is 1.60. The molecule has 0 bridgehead atoms. The van der Waals surface area contributed by atoms with Crippen LogP contribution >= 0.6 is 24.0 Å². The van der Waals surface area contributed by atoms with Crippen molar-refractivity contribution in [1.29, 1.82) is 0 Å². The number of sulfonamides is 1. The van der Waals surface area contributed by atoms with Gasteiger partial charge in [-0.1, -0.05) is 11.6 Å². The van der Waals surface area contributed by atoms with Crippen LogP contribution in [0.4, 0.5) is 0 Å². The summed E-state index contributed by atoms with van der Waals surface area (Å²) >= 11 is 5.94. The van der Waals surface area contributed by atoms with Crippen molar-refractivity contribution >= 4 is 39.9 Å². The molecule has 1 aromatic carbocycles. The molecule has 2 aliphatic heterocycles. The predicted molar refractivity (Wildman–Crippen MR) is 99.8 cm³/mol.